The van der Waals surface area contributed by atoms with Gasteiger partial charge in [0.25, 0.3) is 0 Å². The number of carbonyl (C=O) groups is 1. The summed E-state index contributed by atoms with van der Waals surface area (Å²) in [6.07, 6.45) is 2.71. The summed E-state index contributed by atoms with van der Waals surface area (Å²) in [6.45, 7) is 0.319. The molecule has 0 amide bonds. The topological polar surface area (TPSA) is 26.3 Å². The van der Waals surface area contributed by atoms with E-state index >= 15 is 0 Å². The van der Waals surface area contributed by atoms with Gasteiger partial charge in [-0.1, -0.05) is 30.3 Å². The van der Waals surface area contributed by atoms with Gasteiger partial charge in [-0.3, -0.25) is 4.79 Å². The molecule has 0 spiro atoms. The first-order valence-electron chi connectivity index (χ1n) is 5.02. The average molecular weight is 190 g/mol. The minimum atomic E-state index is 0.155. The van der Waals surface area contributed by atoms with Gasteiger partial charge in [0, 0.05) is 6.42 Å². The number of carbonyl (C=O) groups excluding carboxylic acids is 1. The lowest BCUT2D eigenvalue weighted by atomic mass is 10.1. The second-order valence-electron chi connectivity index (χ2n) is 3.70. The van der Waals surface area contributed by atoms with E-state index < -0.39 is 0 Å². The quantitative estimate of drug-likeness (QED) is 0.728. The van der Waals surface area contributed by atoms with E-state index in [9.17, 15) is 4.79 Å². The maximum absolute atomic E-state index is 10.9. The lowest BCUT2D eigenvalue weighted by Crippen LogP contribution is -2.06. The summed E-state index contributed by atoms with van der Waals surface area (Å²) in [5, 5.41) is 0. The van der Waals surface area contributed by atoms with Gasteiger partial charge in [0.05, 0.1) is 6.10 Å². The van der Waals surface area contributed by atoms with Gasteiger partial charge in [0.2, 0.25) is 0 Å². The third-order valence-corrected chi connectivity index (χ3v) is 2.53. The lowest BCUT2D eigenvalue weighted by molar-refractivity contribution is -0.117. The van der Waals surface area contributed by atoms with Crippen LogP contribution in [0.15, 0.2) is 30.3 Å². The first kappa shape index (κ1) is 9.41. The first-order chi connectivity index (χ1) is 6.84. The number of ketones is 1. The van der Waals surface area contributed by atoms with Gasteiger partial charge >= 0.3 is 0 Å². The molecule has 74 valence electrons. The molecule has 1 aromatic carbocycles. The molecule has 0 saturated carbocycles. The first-order valence-corrected chi connectivity index (χ1v) is 5.02. The standard InChI is InChI=1S/C12H14O2/c13-11-8-12(14-9-11)7-6-10-4-2-1-3-5-10/h1-5,12H,6-9H2. The zero-order chi connectivity index (χ0) is 9.80. The van der Waals surface area contributed by atoms with Crippen LogP contribution in [0.2, 0.25) is 0 Å². The highest BCUT2D eigenvalue weighted by Crippen LogP contribution is 2.15. The molecule has 0 aliphatic carbocycles. The molecule has 1 atom stereocenters. The van der Waals surface area contributed by atoms with Gasteiger partial charge < -0.3 is 4.74 Å². The van der Waals surface area contributed by atoms with Crippen molar-refractivity contribution < 1.29 is 9.53 Å². The van der Waals surface area contributed by atoms with E-state index in [1.165, 1.54) is 5.56 Å². The molecule has 1 fully saturated rings. The molecule has 1 aromatic rings. The van der Waals surface area contributed by atoms with Gasteiger partial charge in [0.15, 0.2) is 5.78 Å². The van der Waals surface area contributed by atoms with Crippen LogP contribution < -0.4 is 0 Å². The summed E-state index contributed by atoms with van der Waals surface area (Å²) < 4.78 is 5.34. The van der Waals surface area contributed by atoms with Crippen molar-refractivity contribution >= 4 is 5.78 Å². The van der Waals surface area contributed by atoms with Crippen molar-refractivity contribution in [2.24, 2.45) is 0 Å². The van der Waals surface area contributed by atoms with Gasteiger partial charge in [-0.2, -0.15) is 0 Å². The minimum absolute atomic E-state index is 0.155. The Hall–Kier alpha value is -1.15. The Balaban J connectivity index is 1.80. The van der Waals surface area contributed by atoms with Gasteiger partial charge in [-0.15, -0.1) is 0 Å². The third-order valence-electron chi connectivity index (χ3n) is 2.53. The van der Waals surface area contributed by atoms with Crippen molar-refractivity contribution in [2.75, 3.05) is 6.61 Å². The third kappa shape index (κ3) is 2.42. The van der Waals surface area contributed by atoms with Crippen molar-refractivity contribution in [1.82, 2.24) is 0 Å². The predicted molar refractivity (Wildman–Crippen MR) is 54.1 cm³/mol. The SMILES string of the molecule is O=C1COC(CCc2ccccc2)C1. The zero-order valence-corrected chi connectivity index (χ0v) is 8.11. The summed E-state index contributed by atoms with van der Waals surface area (Å²) in [4.78, 5) is 10.9. The number of hydrogen-bond acceptors (Lipinski definition) is 2. The van der Waals surface area contributed by atoms with E-state index in [1.807, 2.05) is 18.2 Å². The highest BCUT2D eigenvalue weighted by atomic mass is 16.5. The Labute approximate surface area is 83.9 Å². The van der Waals surface area contributed by atoms with E-state index in [4.69, 9.17) is 4.74 Å². The normalized spacial score (nSPS) is 21.4. The van der Waals surface area contributed by atoms with Crippen LogP contribution in [0.3, 0.4) is 0 Å². The summed E-state index contributed by atoms with van der Waals surface area (Å²) in [6, 6.07) is 10.3. The molecule has 2 rings (SSSR count). The number of Topliss-reactive ketones (excluding diaryl/α,β-unsaturated/α-hetero) is 1. The molecule has 0 aromatic heterocycles. The van der Waals surface area contributed by atoms with Gasteiger partial charge in [-0.25, -0.2) is 0 Å². The van der Waals surface area contributed by atoms with Crippen LogP contribution in [0.1, 0.15) is 18.4 Å². The van der Waals surface area contributed by atoms with E-state index in [0.29, 0.717) is 13.0 Å². The molecule has 1 unspecified atom stereocenters. The minimum Gasteiger partial charge on any atom is -0.370 e. The molecule has 1 aliphatic heterocycles. The van der Waals surface area contributed by atoms with Crippen molar-refractivity contribution in [1.29, 1.82) is 0 Å². The Morgan fingerprint density at radius 3 is 2.71 bits per heavy atom. The molecule has 2 nitrogen and oxygen atoms in total. The molecule has 1 heterocycles. The Kier molecular flexibility index (Phi) is 2.94. The molecule has 0 radical (unpaired) electrons. The molecule has 1 saturated heterocycles. The molecular weight excluding hydrogens is 176 g/mol. The number of aryl methyl sites for hydroxylation is 1. The highest BCUT2D eigenvalue weighted by Gasteiger charge is 2.21. The Bertz CT molecular complexity index is 305. The van der Waals surface area contributed by atoms with E-state index in [0.717, 1.165) is 12.8 Å². The Morgan fingerprint density at radius 1 is 1.29 bits per heavy atom. The van der Waals surface area contributed by atoms with Crippen LogP contribution in [-0.2, 0) is 16.0 Å². The van der Waals surface area contributed by atoms with Gasteiger partial charge in [-0.05, 0) is 18.4 Å². The van der Waals surface area contributed by atoms with Crippen LogP contribution in [0.5, 0.6) is 0 Å². The largest absolute Gasteiger partial charge is 0.370 e. The molecule has 0 N–H and O–H groups in total. The van der Waals surface area contributed by atoms with Crippen molar-refractivity contribution in [3.8, 4) is 0 Å². The summed E-state index contributed by atoms with van der Waals surface area (Å²) >= 11 is 0. The van der Waals surface area contributed by atoms with E-state index in [-0.39, 0.29) is 11.9 Å². The molecule has 2 heteroatoms. The summed E-state index contributed by atoms with van der Waals surface area (Å²) in [5.74, 6) is 0.239. The van der Waals surface area contributed by atoms with Crippen molar-refractivity contribution in [3.63, 3.8) is 0 Å². The molecule has 14 heavy (non-hydrogen) atoms. The fraction of sp³-hybridized carbons (Fsp3) is 0.417. The maximum Gasteiger partial charge on any atom is 0.161 e. The van der Waals surface area contributed by atoms with E-state index in [2.05, 4.69) is 12.1 Å². The average Bonchev–Trinajstić information content (AvgIpc) is 2.63. The molecule has 1 aliphatic rings. The Morgan fingerprint density at radius 2 is 2.07 bits per heavy atom. The zero-order valence-electron chi connectivity index (χ0n) is 8.11. The number of ether oxygens (including phenoxy) is 1. The number of benzene rings is 1. The number of hydrogen-bond donors (Lipinski definition) is 0. The highest BCUT2D eigenvalue weighted by molar-refractivity contribution is 5.81. The second-order valence-corrected chi connectivity index (χ2v) is 3.70. The predicted octanol–water partition coefficient (Wildman–Crippen LogP) is 1.98. The van der Waals surface area contributed by atoms with Crippen molar-refractivity contribution in [3.05, 3.63) is 35.9 Å². The van der Waals surface area contributed by atoms with Crippen LogP contribution in [0.4, 0.5) is 0 Å². The van der Waals surface area contributed by atoms with Gasteiger partial charge in [0.1, 0.15) is 6.61 Å². The molecular formula is C12H14O2. The van der Waals surface area contributed by atoms with Crippen LogP contribution in [-0.4, -0.2) is 18.5 Å². The fourth-order valence-electron chi connectivity index (χ4n) is 1.74. The fourth-order valence-corrected chi connectivity index (χ4v) is 1.74. The van der Waals surface area contributed by atoms with Crippen LogP contribution >= 0.6 is 0 Å². The molecule has 0 bridgehead atoms. The van der Waals surface area contributed by atoms with Crippen molar-refractivity contribution in [2.45, 2.75) is 25.4 Å². The maximum atomic E-state index is 10.9. The monoisotopic (exact) mass is 190 g/mol. The second kappa shape index (κ2) is 4.38. The number of rotatable bonds is 3. The lowest BCUT2D eigenvalue weighted by Gasteiger charge is -2.07. The van der Waals surface area contributed by atoms with E-state index in [1.54, 1.807) is 0 Å². The summed E-state index contributed by atoms with van der Waals surface area (Å²) in [7, 11) is 0. The summed E-state index contributed by atoms with van der Waals surface area (Å²) in [5.41, 5.74) is 1.32. The van der Waals surface area contributed by atoms with Crippen LogP contribution in [0.25, 0.3) is 0 Å². The smallest absolute Gasteiger partial charge is 0.161 e. The van der Waals surface area contributed by atoms with Crippen LogP contribution in [0, 0.1) is 0 Å².